The third-order valence-electron chi connectivity index (χ3n) is 4.25. The summed E-state index contributed by atoms with van der Waals surface area (Å²) in [6.07, 6.45) is 1.78. The van der Waals surface area contributed by atoms with Crippen LogP contribution in [0.15, 0.2) is 72.9 Å². The topological polar surface area (TPSA) is 58.4 Å². The van der Waals surface area contributed by atoms with Gasteiger partial charge in [-0.1, -0.05) is 18.2 Å². The summed E-state index contributed by atoms with van der Waals surface area (Å²) in [4.78, 5) is 17.0. The number of halogens is 2. The second-order valence-corrected chi connectivity index (χ2v) is 6.18. The van der Waals surface area contributed by atoms with Gasteiger partial charge in [0.2, 0.25) is 0 Å². The number of fused-ring (bicyclic) bond motifs is 1. The van der Waals surface area contributed by atoms with Gasteiger partial charge in [0.1, 0.15) is 28.8 Å². The van der Waals surface area contributed by atoms with Crippen molar-refractivity contribution in [1.82, 2.24) is 14.7 Å². The van der Waals surface area contributed by atoms with Gasteiger partial charge < -0.3 is 5.32 Å². The van der Waals surface area contributed by atoms with Gasteiger partial charge in [-0.15, -0.1) is 0 Å². The maximum absolute atomic E-state index is 13.3. The number of carbonyl (C=O) groups excluding carboxylic acids is 1. The standard InChI is InChI=1S/C21H16F2N4O/c22-16-8-4-14(5-9-16)13-24-21(28)26-20-19(15-6-10-17(23)11-7-15)25-18-3-1-2-12-27(18)20/h1-12H,13H2,(H2,24,26,28). The van der Waals surface area contributed by atoms with E-state index < -0.39 is 6.03 Å². The van der Waals surface area contributed by atoms with Crippen molar-refractivity contribution in [1.29, 1.82) is 0 Å². The Morgan fingerprint density at radius 3 is 2.32 bits per heavy atom. The Morgan fingerprint density at radius 1 is 0.929 bits per heavy atom. The number of rotatable bonds is 4. The molecule has 2 amide bonds. The lowest BCUT2D eigenvalue weighted by atomic mass is 10.1. The molecule has 0 bridgehead atoms. The summed E-state index contributed by atoms with van der Waals surface area (Å²) in [5, 5.41) is 5.55. The third-order valence-corrected chi connectivity index (χ3v) is 4.25. The van der Waals surface area contributed by atoms with Gasteiger partial charge in [0, 0.05) is 18.3 Å². The Morgan fingerprint density at radius 2 is 1.61 bits per heavy atom. The zero-order valence-electron chi connectivity index (χ0n) is 14.7. The molecule has 2 N–H and O–H groups in total. The van der Waals surface area contributed by atoms with Crippen LogP contribution in [0.5, 0.6) is 0 Å². The molecule has 0 spiro atoms. The molecule has 0 aliphatic carbocycles. The zero-order valence-corrected chi connectivity index (χ0v) is 14.7. The summed E-state index contributed by atoms with van der Waals surface area (Å²) in [6, 6.07) is 16.8. The van der Waals surface area contributed by atoms with Crippen molar-refractivity contribution in [2.75, 3.05) is 5.32 Å². The molecule has 5 nitrogen and oxygen atoms in total. The summed E-state index contributed by atoms with van der Waals surface area (Å²) >= 11 is 0. The molecular weight excluding hydrogens is 362 g/mol. The minimum atomic E-state index is -0.432. The number of nitrogens with one attached hydrogen (secondary N) is 2. The number of benzene rings is 2. The maximum atomic E-state index is 13.3. The number of nitrogens with zero attached hydrogens (tertiary/aromatic N) is 2. The second kappa shape index (κ2) is 7.48. The lowest BCUT2D eigenvalue weighted by Gasteiger charge is -2.09. The predicted octanol–water partition coefficient (Wildman–Crippen LogP) is 4.60. The fourth-order valence-electron chi connectivity index (χ4n) is 2.86. The molecule has 7 heteroatoms. The molecule has 2 aromatic heterocycles. The fourth-order valence-corrected chi connectivity index (χ4v) is 2.86. The first-order valence-electron chi connectivity index (χ1n) is 8.62. The summed E-state index contributed by atoms with van der Waals surface area (Å²) in [5.74, 6) is -0.208. The van der Waals surface area contributed by atoms with Crippen molar-refractivity contribution in [3.63, 3.8) is 0 Å². The average molecular weight is 378 g/mol. The second-order valence-electron chi connectivity index (χ2n) is 6.18. The van der Waals surface area contributed by atoms with E-state index in [0.29, 0.717) is 22.7 Å². The van der Waals surface area contributed by atoms with E-state index in [9.17, 15) is 13.6 Å². The highest BCUT2D eigenvalue weighted by molar-refractivity contribution is 5.93. The summed E-state index contributed by atoms with van der Waals surface area (Å²) in [5.41, 5.74) is 2.63. The Balaban J connectivity index is 1.59. The zero-order chi connectivity index (χ0) is 19.5. The van der Waals surface area contributed by atoms with E-state index in [0.717, 1.165) is 5.56 Å². The van der Waals surface area contributed by atoms with E-state index >= 15 is 0 Å². The third kappa shape index (κ3) is 3.68. The summed E-state index contributed by atoms with van der Waals surface area (Å²) in [6.45, 7) is 0.245. The van der Waals surface area contributed by atoms with E-state index in [4.69, 9.17) is 0 Å². The van der Waals surface area contributed by atoms with Gasteiger partial charge >= 0.3 is 6.03 Å². The van der Waals surface area contributed by atoms with Crippen LogP contribution in [-0.2, 0) is 6.54 Å². The van der Waals surface area contributed by atoms with Crippen LogP contribution in [0.4, 0.5) is 19.4 Å². The van der Waals surface area contributed by atoms with Crippen molar-refractivity contribution in [2.24, 2.45) is 0 Å². The molecule has 2 aromatic carbocycles. The van der Waals surface area contributed by atoms with E-state index in [1.807, 2.05) is 18.2 Å². The van der Waals surface area contributed by atoms with Gasteiger partial charge in [0.25, 0.3) is 0 Å². The first kappa shape index (κ1) is 17.7. The van der Waals surface area contributed by atoms with Gasteiger partial charge in [-0.05, 0) is 54.1 Å². The first-order chi connectivity index (χ1) is 13.6. The fraction of sp³-hybridized carbons (Fsp3) is 0.0476. The van der Waals surface area contributed by atoms with E-state index in [2.05, 4.69) is 15.6 Å². The number of amides is 2. The summed E-state index contributed by atoms with van der Waals surface area (Å²) < 4.78 is 28.0. The highest BCUT2D eigenvalue weighted by atomic mass is 19.1. The number of aromatic nitrogens is 2. The molecule has 0 aliphatic heterocycles. The average Bonchev–Trinajstić information content (AvgIpc) is 3.07. The molecule has 0 saturated carbocycles. The molecule has 4 aromatic rings. The van der Waals surface area contributed by atoms with Gasteiger partial charge in [-0.25, -0.2) is 18.6 Å². The highest BCUT2D eigenvalue weighted by Gasteiger charge is 2.16. The van der Waals surface area contributed by atoms with Crippen LogP contribution in [0, 0.1) is 11.6 Å². The van der Waals surface area contributed by atoms with Gasteiger partial charge in [-0.3, -0.25) is 9.72 Å². The van der Waals surface area contributed by atoms with Crippen LogP contribution in [0.1, 0.15) is 5.56 Å². The SMILES string of the molecule is O=C(NCc1ccc(F)cc1)Nc1c(-c2ccc(F)cc2)nc2ccccn12. The van der Waals surface area contributed by atoms with E-state index in [1.54, 1.807) is 34.9 Å². The van der Waals surface area contributed by atoms with Crippen molar-refractivity contribution in [2.45, 2.75) is 6.54 Å². The normalized spacial score (nSPS) is 10.8. The van der Waals surface area contributed by atoms with Crippen LogP contribution < -0.4 is 10.6 Å². The number of carbonyl (C=O) groups is 1. The van der Waals surface area contributed by atoms with Crippen molar-refractivity contribution >= 4 is 17.5 Å². The number of hydrogen-bond donors (Lipinski definition) is 2. The minimum absolute atomic E-state index is 0.245. The lowest BCUT2D eigenvalue weighted by molar-refractivity contribution is 0.251. The number of anilines is 1. The number of hydrogen-bond acceptors (Lipinski definition) is 2. The Hall–Kier alpha value is -3.74. The van der Waals surface area contributed by atoms with Gasteiger partial charge in [0.15, 0.2) is 0 Å². The quantitative estimate of drug-likeness (QED) is 0.545. The van der Waals surface area contributed by atoms with Crippen LogP contribution in [0.3, 0.4) is 0 Å². The molecule has 0 aliphatic rings. The molecule has 28 heavy (non-hydrogen) atoms. The van der Waals surface area contributed by atoms with Gasteiger partial charge in [0.05, 0.1) is 0 Å². The van der Waals surface area contributed by atoms with E-state index in [-0.39, 0.29) is 18.2 Å². The highest BCUT2D eigenvalue weighted by Crippen LogP contribution is 2.28. The Labute approximate surface area is 159 Å². The predicted molar refractivity (Wildman–Crippen MR) is 103 cm³/mol. The Kier molecular flexibility index (Phi) is 4.72. The minimum Gasteiger partial charge on any atom is -0.334 e. The number of urea groups is 1. The molecule has 0 unspecified atom stereocenters. The Bertz CT molecular complexity index is 1120. The molecule has 0 fully saturated rings. The molecule has 0 atom stereocenters. The van der Waals surface area contributed by atoms with Crippen LogP contribution >= 0.6 is 0 Å². The molecule has 140 valence electrons. The molecule has 4 rings (SSSR count). The first-order valence-corrected chi connectivity index (χ1v) is 8.62. The molecule has 2 heterocycles. The van der Waals surface area contributed by atoms with Crippen molar-refractivity contribution in [3.05, 3.63) is 90.1 Å². The maximum Gasteiger partial charge on any atom is 0.320 e. The molecule has 0 radical (unpaired) electrons. The largest absolute Gasteiger partial charge is 0.334 e. The summed E-state index contributed by atoms with van der Waals surface area (Å²) in [7, 11) is 0. The number of pyridine rings is 1. The van der Waals surface area contributed by atoms with Crippen LogP contribution in [-0.4, -0.2) is 15.4 Å². The molecule has 0 saturated heterocycles. The van der Waals surface area contributed by atoms with Crippen molar-refractivity contribution < 1.29 is 13.6 Å². The van der Waals surface area contributed by atoms with Crippen LogP contribution in [0.25, 0.3) is 16.9 Å². The molecular formula is C21H16F2N4O. The van der Waals surface area contributed by atoms with Gasteiger partial charge in [-0.2, -0.15) is 0 Å². The monoisotopic (exact) mass is 378 g/mol. The van der Waals surface area contributed by atoms with Crippen molar-refractivity contribution in [3.8, 4) is 11.3 Å². The smallest absolute Gasteiger partial charge is 0.320 e. The lowest BCUT2D eigenvalue weighted by Crippen LogP contribution is -2.28. The number of imidazole rings is 1. The van der Waals surface area contributed by atoms with Crippen LogP contribution in [0.2, 0.25) is 0 Å². The van der Waals surface area contributed by atoms with E-state index in [1.165, 1.54) is 24.3 Å².